The molecule has 0 heterocycles. The molecule has 0 bridgehead atoms. The van der Waals surface area contributed by atoms with Crippen molar-refractivity contribution < 1.29 is 0 Å². The topological polar surface area (TPSA) is 24.7 Å². The third-order valence-corrected chi connectivity index (χ3v) is 1.73. The van der Waals surface area contributed by atoms with E-state index < -0.39 is 0 Å². The van der Waals surface area contributed by atoms with Crippen LogP contribution in [0, 0.1) is 5.92 Å². The molecule has 0 atom stereocenters. The maximum Gasteiger partial charge on any atom is 0.0577 e. The van der Waals surface area contributed by atoms with E-state index in [9.17, 15) is 0 Å². The highest BCUT2D eigenvalue weighted by atomic mass is 14.8. The molecule has 0 aromatic rings. The third kappa shape index (κ3) is 3.65. The van der Waals surface area contributed by atoms with Crippen LogP contribution < -0.4 is 0 Å². The van der Waals surface area contributed by atoms with Crippen LogP contribution >= 0.6 is 0 Å². The molecule has 0 unspecified atom stereocenters. The third-order valence-electron chi connectivity index (χ3n) is 1.73. The van der Waals surface area contributed by atoms with Crippen molar-refractivity contribution in [3.8, 4) is 0 Å². The van der Waals surface area contributed by atoms with E-state index in [0.717, 1.165) is 24.4 Å². The molecule has 0 saturated heterocycles. The fraction of sp³-hybridized carbons (Fsp3) is 0.800. The molecule has 70 valence electrons. The van der Waals surface area contributed by atoms with E-state index >= 15 is 0 Å². The molecular formula is C10H20N2. The normalized spacial score (nSPS) is 14.2. The smallest absolute Gasteiger partial charge is 0.0577 e. The van der Waals surface area contributed by atoms with Crippen molar-refractivity contribution in [1.82, 2.24) is 0 Å². The highest BCUT2D eigenvalue weighted by Crippen LogP contribution is 1.99. The van der Waals surface area contributed by atoms with E-state index in [-0.39, 0.29) is 0 Å². The number of rotatable bonds is 4. The van der Waals surface area contributed by atoms with E-state index in [1.54, 1.807) is 0 Å². The summed E-state index contributed by atoms with van der Waals surface area (Å²) in [5.74, 6) is 0.482. The Balaban J connectivity index is 4.32. The lowest BCUT2D eigenvalue weighted by molar-refractivity contribution is 0.885. The summed E-state index contributed by atoms with van der Waals surface area (Å²) in [6.07, 6.45) is 1.10. The summed E-state index contributed by atoms with van der Waals surface area (Å²) in [5.41, 5.74) is 2.22. The van der Waals surface area contributed by atoms with Gasteiger partial charge in [0.15, 0.2) is 0 Å². The molecule has 0 N–H and O–H groups in total. The first-order valence-electron chi connectivity index (χ1n) is 4.61. The largest absolute Gasteiger partial charge is 0.291 e. The minimum Gasteiger partial charge on any atom is -0.291 e. The van der Waals surface area contributed by atoms with Gasteiger partial charge in [-0.05, 0) is 19.3 Å². The van der Waals surface area contributed by atoms with Gasteiger partial charge in [0.25, 0.3) is 0 Å². The first-order valence-corrected chi connectivity index (χ1v) is 4.61. The second-order valence-electron chi connectivity index (χ2n) is 3.23. The van der Waals surface area contributed by atoms with Gasteiger partial charge in [-0.15, -0.1) is 0 Å². The van der Waals surface area contributed by atoms with Gasteiger partial charge in [-0.2, -0.15) is 0 Å². The zero-order chi connectivity index (χ0) is 9.56. The van der Waals surface area contributed by atoms with Crippen molar-refractivity contribution in [3.05, 3.63) is 0 Å². The van der Waals surface area contributed by atoms with Crippen LogP contribution in [-0.4, -0.2) is 25.0 Å². The minimum atomic E-state index is 0.482. The molecule has 0 saturated carbocycles. The van der Waals surface area contributed by atoms with E-state index in [2.05, 4.69) is 30.8 Å². The van der Waals surface area contributed by atoms with Crippen LogP contribution in [0.3, 0.4) is 0 Å². The molecular weight excluding hydrogens is 148 g/mol. The molecule has 2 nitrogen and oxygen atoms in total. The summed E-state index contributed by atoms with van der Waals surface area (Å²) < 4.78 is 0. The highest BCUT2D eigenvalue weighted by molar-refractivity contribution is 6.42. The lowest BCUT2D eigenvalue weighted by Gasteiger charge is -2.08. The maximum absolute atomic E-state index is 4.42. The summed E-state index contributed by atoms with van der Waals surface area (Å²) in [6.45, 7) is 9.38. The van der Waals surface area contributed by atoms with Gasteiger partial charge in [-0.25, -0.2) is 0 Å². The van der Waals surface area contributed by atoms with Crippen LogP contribution in [0.2, 0.25) is 0 Å². The van der Waals surface area contributed by atoms with Gasteiger partial charge in [0, 0.05) is 13.6 Å². The second-order valence-corrected chi connectivity index (χ2v) is 3.23. The van der Waals surface area contributed by atoms with Gasteiger partial charge in [0.2, 0.25) is 0 Å². The summed E-state index contributed by atoms with van der Waals surface area (Å²) >= 11 is 0. The molecule has 0 radical (unpaired) electrons. The van der Waals surface area contributed by atoms with Crippen molar-refractivity contribution in [2.24, 2.45) is 15.9 Å². The van der Waals surface area contributed by atoms with E-state index in [4.69, 9.17) is 0 Å². The minimum absolute atomic E-state index is 0.482. The first kappa shape index (κ1) is 11.3. The Kier molecular flexibility index (Phi) is 5.60. The Bertz CT molecular complexity index is 178. The van der Waals surface area contributed by atoms with Crippen LogP contribution in [-0.2, 0) is 0 Å². The lowest BCUT2D eigenvalue weighted by atomic mass is 10.0. The molecule has 0 aromatic carbocycles. The van der Waals surface area contributed by atoms with Crippen molar-refractivity contribution >= 4 is 11.4 Å². The van der Waals surface area contributed by atoms with Crippen LogP contribution in [0.1, 0.15) is 34.1 Å². The fourth-order valence-corrected chi connectivity index (χ4v) is 1.20. The predicted molar refractivity (Wildman–Crippen MR) is 56.5 cm³/mol. The monoisotopic (exact) mass is 168 g/mol. The van der Waals surface area contributed by atoms with Crippen molar-refractivity contribution in [1.29, 1.82) is 0 Å². The van der Waals surface area contributed by atoms with Crippen molar-refractivity contribution in [3.63, 3.8) is 0 Å². The summed E-state index contributed by atoms with van der Waals surface area (Å²) in [6, 6.07) is 0. The molecule has 0 amide bonds. The number of hydrogen-bond acceptors (Lipinski definition) is 2. The van der Waals surface area contributed by atoms with E-state index in [1.165, 1.54) is 0 Å². The second kappa shape index (κ2) is 5.92. The van der Waals surface area contributed by atoms with Crippen LogP contribution in [0.4, 0.5) is 0 Å². The maximum atomic E-state index is 4.42. The highest BCUT2D eigenvalue weighted by Gasteiger charge is 2.06. The Morgan fingerprint density at radius 3 is 2.25 bits per heavy atom. The Hall–Kier alpha value is -0.660. The number of nitrogens with zero attached hydrogens (tertiary/aromatic N) is 2. The van der Waals surface area contributed by atoms with Gasteiger partial charge in [0.1, 0.15) is 0 Å². The summed E-state index contributed by atoms with van der Waals surface area (Å²) in [5, 5.41) is 0. The molecule has 0 aliphatic heterocycles. The SMILES string of the molecule is CCCN=C(C)C(=NC)C(C)C. The molecule has 0 fully saturated rings. The zero-order valence-electron chi connectivity index (χ0n) is 8.89. The molecule has 12 heavy (non-hydrogen) atoms. The first-order chi connectivity index (χ1) is 5.63. The van der Waals surface area contributed by atoms with Crippen LogP contribution in [0.15, 0.2) is 9.98 Å². The molecule has 0 aliphatic rings. The van der Waals surface area contributed by atoms with Gasteiger partial charge in [-0.1, -0.05) is 20.8 Å². The van der Waals surface area contributed by atoms with Gasteiger partial charge < -0.3 is 0 Å². The zero-order valence-corrected chi connectivity index (χ0v) is 8.89. The predicted octanol–water partition coefficient (Wildman–Crippen LogP) is 2.58. The van der Waals surface area contributed by atoms with Crippen LogP contribution in [0.5, 0.6) is 0 Å². The molecule has 0 aromatic heterocycles. The van der Waals surface area contributed by atoms with Gasteiger partial charge in [0.05, 0.1) is 11.4 Å². The average molecular weight is 168 g/mol. The molecule has 0 aliphatic carbocycles. The van der Waals surface area contributed by atoms with Crippen molar-refractivity contribution in [2.45, 2.75) is 34.1 Å². The number of hydrogen-bond donors (Lipinski definition) is 0. The fourth-order valence-electron chi connectivity index (χ4n) is 1.20. The standard InChI is InChI=1S/C10H20N2/c1-6-7-12-9(4)10(11-5)8(2)3/h8H,6-7H2,1-5H3. The van der Waals surface area contributed by atoms with E-state index in [0.29, 0.717) is 5.92 Å². The lowest BCUT2D eigenvalue weighted by Crippen LogP contribution is -2.17. The summed E-state index contributed by atoms with van der Waals surface area (Å²) in [7, 11) is 1.83. The summed E-state index contributed by atoms with van der Waals surface area (Å²) in [4.78, 5) is 8.65. The van der Waals surface area contributed by atoms with E-state index in [1.807, 2.05) is 14.0 Å². The average Bonchev–Trinajstić information content (AvgIpc) is 2.01. The quantitative estimate of drug-likeness (QED) is 0.576. The Labute approximate surface area is 75.8 Å². The van der Waals surface area contributed by atoms with Gasteiger partial charge >= 0.3 is 0 Å². The molecule has 0 rings (SSSR count). The van der Waals surface area contributed by atoms with Crippen molar-refractivity contribution in [2.75, 3.05) is 13.6 Å². The Morgan fingerprint density at radius 1 is 1.33 bits per heavy atom. The van der Waals surface area contributed by atoms with Crippen LogP contribution in [0.25, 0.3) is 0 Å². The van der Waals surface area contributed by atoms with Gasteiger partial charge in [-0.3, -0.25) is 9.98 Å². The number of aliphatic imine (C=N–C) groups is 2. The molecule has 2 heteroatoms. The Morgan fingerprint density at radius 2 is 1.92 bits per heavy atom. The molecule has 0 spiro atoms.